The highest BCUT2D eigenvalue weighted by molar-refractivity contribution is 14.2. The summed E-state index contributed by atoms with van der Waals surface area (Å²) in [7, 11) is 0. The third-order valence-electron chi connectivity index (χ3n) is 0.379. The average Bonchev–Trinajstić information content (AvgIpc) is 1.86. The van der Waals surface area contributed by atoms with Crippen LogP contribution in [0.4, 0.5) is 4.79 Å². The number of amides is 1. The van der Waals surface area contributed by atoms with Crippen molar-refractivity contribution in [3.8, 4) is 0 Å². The Morgan fingerprint density at radius 3 is 2.83 bits per heavy atom. The Morgan fingerprint density at radius 1 is 1.83 bits per heavy atom. The Bertz CT molecular complexity index is 99.7. The number of hydrogen-bond donors (Lipinski definition) is 2. The van der Waals surface area contributed by atoms with E-state index in [0.29, 0.717) is 0 Å². The lowest BCUT2D eigenvalue weighted by Gasteiger charge is -1.82. The predicted molar refractivity (Wildman–Crippen MR) is 31.8 cm³/mol. The molecule has 0 saturated carbocycles. The van der Waals surface area contributed by atoms with Crippen molar-refractivity contribution in [2.75, 3.05) is 0 Å². The summed E-state index contributed by atoms with van der Waals surface area (Å²) in [6, 6.07) is 0. The lowest BCUT2D eigenvalue weighted by atomic mass is 11.3. The number of hydrazine groups is 1. The molecule has 4 heteroatoms. The van der Waals surface area contributed by atoms with Crippen LogP contribution in [0, 0.1) is 0 Å². The van der Waals surface area contributed by atoms with Crippen LogP contribution in [-0.4, -0.2) is 8.05 Å². The maximum absolute atomic E-state index is 10.1. The molecule has 1 rings (SSSR count). The first-order valence-corrected chi connectivity index (χ1v) is 3.72. The van der Waals surface area contributed by atoms with Crippen molar-refractivity contribution < 1.29 is 4.79 Å². The van der Waals surface area contributed by atoms with Crippen LogP contribution >= 0.6 is 20.7 Å². The summed E-state index contributed by atoms with van der Waals surface area (Å²) in [5, 5.41) is 0. The fourth-order valence-electron chi connectivity index (χ4n) is 0.188. The first-order chi connectivity index (χ1) is 2.89. The van der Waals surface area contributed by atoms with Crippen molar-refractivity contribution in [2.24, 2.45) is 0 Å². The van der Waals surface area contributed by atoms with E-state index < -0.39 is 0 Å². The van der Waals surface area contributed by atoms with E-state index in [2.05, 4.69) is 10.9 Å². The van der Waals surface area contributed by atoms with Crippen molar-refractivity contribution in [1.82, 2.24) is 10.9 Å². The Labute approximate surface area is 44.8 Å². The molecule has 0 aromatic rings. The van der Waals surface area contributed by atoms with Crippen LogP contribution in [0.25, 0.3) is 0 Å². The van der Waals surface area contributed by atoms with Crippen molar-refractivity contribution in [3.05, 3.63) is 0 Å². The topological polar surface area (TPSA) is 41.1 Å². The number of hydrogen-bond acceptors (Lipinski definition) is 2. The van der Waals surface area contributed by atoms with E-state index in [-0.39, 0.29) is 24.6 Å². The molecular formula is C2H3IN2O. The molecule has 0 fully saturated rings. The molecule has 0 atom stereocenters. The summed E-state index contributed by atoms with van der Waals surface area (Å²) in [4.78, 5) is 10.1. The van der Waals surface area contributed by atoms with Crippen molar-refractivity contribution in [2.45, 2.75) is 0 Å². The van der Waals surface area contributed by atoms with Crippen LogP contribution < -0.4 is 10.9 Å². The zero-order chi connectivity index (χ0) is 4.41. The molecule has 2 N–H and O–H groups in total. The van der Waals surface area contributed by atoms with E-state index in [1.807, 2.05) is 0 Å². The summed E-state index contributed by atoms with van der Waals surface area (Å²) in [5.74, 6) is 0. The van der Waals surface area contributed by atoms with E-state index in [9.17, 15) is 4.79 Å². The van der Waals surface area contributed by atoms with E-state index in [4.69, 9.17) is 0 Å². The second kappa shape index (κ2) is 1.65. The molecule has 0 bridgehead atoms. The molecule has 34 valence electrons. The molecule has 0 saturated heterocycles. The van der Waals surface area contributed by atoms with Gasteiger partial charge in [-0.2, -0.15) is 0 Å². The molecule has 0 aromatic heterocycles. The lowest BCUT2D eigenvalue weighted by Crippen LogP contribution is -2.25. The molecule has 1 aliphatic rings. The maximum atomic E-state index is 10.1. The third kappa shape index (κ3) is 0.749. The second-order valence-electron chi connectivity index (χ2n) is 0.761. The van der Waals surface area contributed by atoms with Crippen LogP contribution in [0.15, 0.2) is 0 Å². The zero-order valence-corrected chi connectivity index (χ0v) is 5.02. The van der Waals surface area contributed by atoms with Crippen LogP contribution in [0.3, 0.4) is 0 Å². The molecule has 0 aromatic carbocycles. The van der Waals surface area contributed by atoms with Gasteiger partial charge in [-0.15, -0.1) is 0 Å². The van der Waals surface area contributed by atoms with Crippen LogP contribution in [0.5, 0.6) is 0 Å². The predicted octanol–water partition coefficient (Wildman–Crippen LogP) is -0.0554. The minimum absolute atomic E-state index is 0.147. The third-order valence-corrected chi connectivity index (χ3v) is 1.84. The molecule has 0 aliphatic carbocycles. The highest BCUT2D eigenvalue weighted by Crippen LogP contribution is 1.95. The lowest BCUT2D eigenvalue weighted by molar-refractivity contribution is 0.262. The summed E-state index contributed by atoms with van der Waals surface area (Å²) in [6.07, 6.45) is 0. The minimum atomic E-state index is -0.307. The van der Waals surface area contributed by atoms with Gasteiger partial charge in [0.25, 0.3) is 3.91 Å². The number of carbonyl (C=O) groups is 1. The average molecular weight is 198 g/mol. The SMILES string of the molecule is O=C1NNC=I1. The molecule has 0 spiro atoms. The molecule has 6 heavy (non-hydrogen) atoms. The van der Waals surface area contributed by atoms with Crippen molar-refractivity contribution in [1.29, 1.82) is 0 Å². The largest absolute Gasteiger partial charge is 0.290 e. The molecule has 1 amide bonds. The first kappa shape index (κ1) is 4.20. The van der Waals surface area contributed by atoms with Crippen molar-refractivity contribution in [3.63, 3.8) is 0 Å². The first-order valence-electron chi connectivity index (χ1n) is 1.40. The number of nitrogens with one attached hydrogen (secondary N) is 2. The van der Waals surface area contributed by atoms with Gasteiger partial charge in [0.15, 0.2) is 0 Å². The van der Waals surface area contributed by atoms with Crippen LogP contribution in [0.1, 0.15) is 0 Å². The molecule has 0 unspecified atom stereocenters. The van der Waals surface area contributed by atoms with Gasteiger partial charge in [-0.05, 0) is 20.7 Å². The Hall–Kier alpha value is 0.0300. The second-order valence-corrected chi connectivity index (χ2v) is 2.99. The molecular weight excluding hydrogens is 195 g/mol. The fraction of sp³-hybridized carbons (Fsp3) is 0. The summed E-state index contributed by atoms with van der Waals surface area (Å²) in [5.41, 5.74) is 5.02. The van der Waals surface area contributed by atoms with Crippen LogP contribution in [0.2, 0.25) is 0 Å². The van der Waals surface area contributed by atoms with Gasteiger partial charge in [-0.3, -0.25) is 10.2 Å². The summed E-state index contributed by atoms with van der Waals surface area (Å²) in [6.45, 7) is 0. The number of carbonyl (C=O) groups excluding carboxylic acids is 1. The van der Waals surface area contributed by atoms with E-state index in [1.165, 1.54) is 0 Å². The normalized spacial score (nSPS) is 19.7. The Kier molecular flexibility index (Phi) is 1.16. The van der Waals surface area contributed by atoms with E-state index in [0.717, 1.165) is 0 Å². The Balaban J connectivity index is 2.59. The maximum Gasteiger partial charge on any atom is 0.290 e. The number of halogens is 1. The Morgan fingerprint density at radius 2 is 2.67 bits per heavy atom. The highest BCUT2D eigenvalue weighted by Gasteiger charge is 1.96. The highest BCUT2D eigenvalue weighted by atomic mass is 127. The van der Waals surface area contributed by atoms with Gasteiger partial charge in [0.05, 0.1) is 0 Å². The van der Waals surface area contributed by atoms with Gasteiger partial charge >= 0.3 is 0 Å². The summed E-state index contributed by atoms with van der Waals surface area (Å²) >= 11 is -0.307. The molecule has 3 nitrogen and oxygen atoms in total. The van der Waals surface area contributed by atoms with Gasteiger partial charge in [0, 0.05) is 4.14 Å². The fourth-order valence-corrected chi connectivity index (χ4v) is 1.09. The van der Waals surface area contributed by atoms with E-state index >= 15 is 0 Å². The standard InChI is InChI=1S/C2H3IN2O/c6-2-3-1-4-5-2/h1,4H,(H,5,6). The zero-order valence-electron chi connectivity index (χ0n) is 2.86. The van der Waals surface area contributed by atoms with Gasteiger partial charge in [-0.25, -0.2) is 5.43 Å². The quantitative estimate of drug-likeness (QED) is 0.325. The monoisotopic (exact) mass is 198 g/mol. The van der Waals surface area contributed by atoms with E-state index in [1.54, 1.807) is 4.14 Å². The smallest absolute Gasteiger partial charge is 0.279 e. The number of rotatable bonds is 0. The van der Waals surface area contributed by atoms with Gasteiger partial charge in [-0.1, -0.05) is 0 Å². The molecule has 1 aliphatic heterocycles. The van der Waals surface area contributed by atoms with Crippen molar-refractivity contribution >= 4 is 28.8 Å². The van der Waals surface area contributed by atoms with Crippen LogP contribution in [-0.2, 0) is 0 Å². The van der Waals surface area contributed by atoms with Gasteiger partial charge in [0.2, 0.25) is 0 Å². The minimum Gasteiger partial charge on any atom is -0.279 e. The van der Waals surface area contributed by atoms with Gasteiger partial charge in [0.1, 0.15) is 0 Å². The molecule has 1 heterocycles. The molecule has 0 radical (unpaired) electrons. The summed E-state index contributed by atoms with van der Waals surface area (Å²) < 4.78 is 1.93. The van der Waals surface area contributed by atoms with Gasteiger partial charge < -0.3 is 0 Å².